The van der Waals surface area contributed by atoms with Crippen LogP contribution in [0.2, 0.25) is 0 Å². The highest BCUT2D eigenvalue weighted by Gasteiger charge is 1.69. The summed E-state index contributed by atoms with van der Waals surface area (Å²) in [5.74, 6) is 0. The SMILES string of the molecule is CCCN/C=C\C=N. The van der Waals surface area contributed by atoms with Gasteiger partial charge in [-0.2, -0.15) is 0 Å². The lowest BCUT2D eigenvalue weighted by atomic mass is 10.5. The third-order valence-electron chi connectivity index (χ3n) is 0.705. The number of nitrogens with one attached hydrogen (secondary N) is 2. The Balaban J connectivity index is 2.91. The monoisotopic (exact) mass is 112 g/mol. The molecule has 0 fully saturated rings. The molecule has 46 valence electrons. The summed E-state index contributed by atoms with van der Waals surface area (Å²) in [6.45, 7) is 3.09. The summed E-state index contributed by atoms with van der Waals surface area (Å²) < 4.78 is 0. The maximum Gasteiger partial charge on any atom is 0.0192 e. The largest absolute Gasteiger partial charge is 0.391 e. The van der Waals surface area contributed by atoms with Gasteiger partial charge in [0.1, 0.15) is 0 Å². The second kappa shape index (κ2) is 6.21. The fraction of sp³-hybridized carbons (Fsp3) is 0.500. The van der Waals surface area contributed by atoms with Gasteiger partial charge in [0.05, 0.1) is 0 Å². The Labute approximate surface area is 50.1 Å². The highest BCUT2D eigenvalue weighted by Crippen LogP contribution is 1.68. The van der Waals surface area contributed by atoms with E-state index in [1.54, 1.807) is 12.3 Å². The van der Waals surface area contributed by atoms with E-state index < -0.39 is 0 Å². The van der Waals surface area contributed by atoms with Crippen LogP contribution >= 0.6 is 0 Å². The summed E-state index contributed by atoms with van der Waals surface area (Å²) in [6, 6.07) is 0. The van der Waals surface area contributed by atoms with Gasteiger partial charge < -0.3 is 10.7 Å². The van der Waals surface area contributed by atoms with E-state index in [2.05, 4.69) is 12.2 Å². The van der Waals surface area contributed by atoms with Gasteiger partial charge >= 0.3 is 0 Å². The first-order chi connectivity index (χ1) is 3.91. The lowest BCUT2D eigenvalue weighted by Crippen LogP contribution is -2.04. The van der Waals surface area contributed by atoms with E-state index >= 15 is 0 Å². The number of allylic oxidation sites excluding steroid dienone is 1. The van der Waals surface area contributed by atoms with Crippen molar-refractivity contribution in [1.29, 1.82) is 5.41 Å². The molecule has 0 aliphatic rings. The quantitative estimate of drug-likeness (QED) is 0.415. The van der Waals surface area contributed by atoms with Crippen molar-refractivity contribution in [2.24, 2.45) is 0 Å². The summed E-state index contributed by atoms with van der Waals surface area (Å²) in [6.07, 6.45) is 5.82. The maximum atomic E-state index is 6.59. The molecule has 0 aliphatic heterocycles. The molecule has 0 aromatic carbocycles. The minimum absolute atomic E-state index is 0.990. The first-order valence-corrected chi connectivity index (χ1v) is 2.80. The van der Waals surface area contributed by atoms with Crippen molar-refractivity contribution >= 4 is 6.21 Å². The van der Waals surface area contributed by atoms with Crippen molar-refractivity contribution in [3.63, 3.8) is 0 Å². The second-order valence-electron chi connectivity index (χ2n) is 1.48. The fourth-order valence-electron chi connectivity index (χ4n) is 0.344. The topological polar surface area (TPSA) is 35.9 Å². The van der Waals surface area contributed by atoms with Gasteiger partial charge in [0.25, 0.3) is 0 Å². The molecule has 0 spiro atoms. The first kappa shape index (κ1) is 7.21. The molecule has 0 saturated heterocycles. The Morgan fingerprint density at radius 3 is 2.88 bits per heavy atom. The molecular formula is C6H12N2. The normalized spacial score (nSPS) is 9.62. The zero-order chi connectivity index (χ0) is 6.24. The smallest absolute Gasteiger partial charge is 0.0192 e. The molecule has 0 rings (SSSR count). The second-order valence-corrected chi connectivity index (χ2v) is 1.48. The Morgan fingerprint density at radius 2 is 2.38 bits per heavy atom. The molecule has 0 amide bonds. The van der Waals surface area contributed by atoms with E-state index in [4.69, 9.17) is 5.41 Å². The van der Waals surface area contributed by atoms with Crippen LogP contribution in [0.4, 0.5) is 0 Å². The van der Waals surface area contributed by atoms with Crippen LogP contribution in [0.5, 0.6) is 0 Å². The van der Waals surface area contributed by atoms with Gasteiger partial charge in [-0.15, -0.1) is 0 Å². The van der Waals surface area contributed by atoms with Crippen molar-refractivity contribution in [2.75, 3.05) is 6.54 Å². The first-order valence-electron chi connectivity index (χ1n) is 2.80. The Bertz CT molecular complexity index is 76.6. The minimum Gasteiger partial charge on any atom is -0.391 e. The van der Waals surface area contributed by atoms with Crippen LogP contribution in [-0.4, -0.2) is 12.8 Å². The Morgan fingerprint density at radius 1 is 1.62 bits per heavy atom. The van der Waals surface area contributed by atoms with Gasteiger partial charge in [-0.25, -0.2) is 0 Å². The molecular weight excluding hydrogens is 100 g/mol. The number of hydrogen-bond donors (Lipinski definition) is 2. The van der Waals surface area contributed by atoms with E-state index in [1.165, 1.54) is 6.21 Å². The highest BCUT2D eigenvalue weighted by atomic mass is 14.8. The number of rotatable bonds is 4. The van der Waals surface area contributed by atoms with Crippen LogP contribution in [0.3, 0.4) is 0 Å². The summed E-state index contributed by atoms with van der Waals surface area (Å²) in [5.41, 5.74) is 0. The summed E-state index contributed by atoms with van der Waals surface area (Å²) in [4.78, 5) is 0. The third-order valence-corrected chi connectivity index (χ3v) is 0.705. The van der Waals surface area contributed by atoms with Crippen molar-refractivity contribution < 1.29 is 0 Å². The zero-order valence-corrected chi connectivity index (χ0v) is 5.15. The molecule has 0 aromatic heterocycles. The van der Waals surface area contributed by atoms with E-state index in [1.807, 2.05) is 0 Å². The highest BCUT2D eigenvalue weighted by molar-refractivity contribution is 5.67. The van der Waals surface area contributed by atoms with E-state index in [9.17, 15) is 0 Å². The van der Waals surface area contributed by atoms with Crippen molar-refractivity contribution in [2.45, 2.75) is 13.3 Å². The van der Waals surface area contributed by atoms with Crippen LogP contribution in [0.15, 0.2) is 12.3 Å². The average molecular weight is 112 g/mol. The van der Waals surface area contributed by atoms with Gasteiger partial charge in [0.2, 0.25) is 0 Å². The van der Waals surface area contributed by atoms with Gasteiger partial charge in [-0.1, -0.05) is 6.92 Å². The van der Waals surface area contributed by atoms with Gasteiger partial charge in [-0.05, 0) is 18.7 Å². The van der Waals surface area contributed by atoms with Crippen LogP contribution in [0.1, 0.15) is 13.3 Å². The van der Waals surface area contributed by atoms with Crippen LogP contribution in [-0.2, 0) is 0 Å². The fourth-order valence-corrected chi connectivity index (χ4v) is 0.344. The molecule has 2 N–H and O–H groups in total. The number of hydrogen-bond acceptors (Lipinski definition) is 2. The summed E-state index contributed by atoms with van der Waals surface area (Å²) >= 11 is 0. The van der Waals surface area contributed by atoms with Gasteiger partial charge in [0.15, 0.2) is 0 Å². The molecule has 2 heteroatoms. The zero-order valence-electron chi connectivity index (χ0n) is 5.15. The predicted molar refractivity (Wildman–Crippen MR) is 36.2 cm³/mol. The summed E-state index contributed by atoms with van der Waals surface area (Å²) in [7, 11) is 0. The van der Waals surface area contributed by atoms with Crippen molar-refractivity contribution in [3.05, 3.63) is 12.3 Å². The lowest BCUT2D eigenvalue weighted by Gasteiger charge is -1.91. The standard InChI is InChI=1S/C6H12N2/c1-2-5-8-6-3-4-7/h3-4,6-8H,2,5H2,1H3/b6-3-,7-4?. The molecule has 0 bridgehead atoms. The molecule has 0 aromatic rings. The van der Waals surface area contributed by atoms with Crippen LogP contribution < -0.4 is 5.32 Å². The van der Waals surface area contributed by atoms with Crippen LogP contribution in [0.25, 0.3) is 0 Å². The maximum absolute atomic E-state index is 6.59. The molecule has 0 saturated carbocycles. The molecule has 0 unspecified atom stereocenters. The Kier molecular flexibility index (Phi) is 5.60. The van der Waals surface area contributed by atoms with E-state index in [-0.39, 0.29) is 0 Å². The molecule has 0 heterocycles. The summed E-state index contributed by atoms with van der Waals surface area (Å²) in [5, 5.41) is 9.59. The van der Waals surface area contributed by atoms with Crippen molar-refractivity contribution in [1.82, 2.24) is 5.32 Å². The van der Waals surface area contributed by atoms with E-state index in [0.717, 1.165) is 13.0 Å². The minimum atomic E-state index is 0.990. The molecule has 0 atom stereocenters. The van der Waals surface area contributed by atoms with Gasteiger partial charge in [0, 0.05) is 12.8 Å². The molecule has 2 nitrogen and oxygen atoms in total. The molecule has 0 aliphatic carbocycles. The molecule has 0 radical (unpaired) electrons. The van der Waals surface area contributed by atoms with Crippen LogP contribution in [0, 0.1) is 5.41 Å². The average Bonchev–Trinajstić information content (AvgIpc) is 1.81. The van der Waals surface area contributed by atoms with Gasteiger partial charge in [-0.3, -0.25) is 0 Å². The predicted octanol–water partition coefficient (Wildman–Crippen LogP) is 1.15. The lowest BCUT2D eigenvalue weighted by molar-refractivity contribution is 0.810. The Hall–Kier alpha value is -0.790. The molecule has 8 heavy (non-hydrogen) atoms. The van der Waals surface area contributed by atoms with E-state index in [0.29, 0.717) is 0 Å². The third kappa shape index (κ3) is 5.21. The van der Waals surface area contributed by atoms with Crippen molar-refractivity contribution in [3.8, 4) is 0 Å².